The zero-order valence-electron chi connectivity index (χ0n) is 14.4. The number of piperidine rings is 1. The van der Waals surface area contributed by atoms with Gasteiger partial charge in [-0.15, -0.1) is 0 Å². The number of furan rings is 1. The molecule has 0 saturated carbocycles. The summed E-state index contributed by atoms with van der Waals surface area (Å²) in [6.07, 6.45) is 4.27. The van der Waals surface area contributed by atoms with Crippen LogP contribution in [0.15, 0.2) is 39.8 Å². The van der Waals surface area contributed by atoms with Crippen molar-refractivity contribution in [1.29, 1.82) is 0 Å². The Labute approximate surface area is 147 Å². The number of sulfonamides is 1. The van der Waals surface area contributed by atoms with Gasteiger partial charge in [-0.05, 0) is 50.5 Å². The Balaban J connectivity index is 1.88. The van der Waals surface area contributed by atoms with Crippen LogP contribution in [0.3, 0.4) is 0 Å². The van der Waals surface area contributed by atoms with E-state index in [1.807, 2.05) is 6.92 Å². The van der Waals surface area contributed by atoms with Crippen molar-refractivity contribution in [3.8, 4) is 0 Å². The van der Waals surface area contributed by atoms with Gasteiger partial charge in [0.2, 0.25) is 10.0 Å². The smallest absolute Gasteiger partial charge is 0.291 e. The Bertz CT molecular complexity index is 880. The van der Waals surface area contributed by atoms with Crippen molar-refractivity contribution in [1.82, 2.24) is 4.31 Å². The van der Waals surface area contributed by atoms with Crippen LogP contribution >= 0.6 is 0 Å². The predicted molar refractivity (Wildman–Crippen MR) is 95.2 cm³/mol. The minimum absolute atomic E-state index is 0.200. The van der Waals surface area contributed by atoms with E-state index in [-0.39, 0.29) is 10.7 Å². The summed E-state index contributed by atoms with van der Waals surface area (Å²) >= 11 is 0. The molecule has 1 N–H and O–H groups in total. The zero-order valence-corrected chi connectivity index (χ0v) is 15.2. The van der Waals surface area contributed by atoms with Crippen molar-refractivity contribution in [3.63, 3.8) is 0 Å². The number of aryl methyl sites for hydroxylation is 2. The molecule has 1 fully saturated rings. The van der Waals surface area contributed by atoms with Gasteiger partial charge in [-0.1, -0.05) is 12.5 Å². The van der Waals surface area contributed by atoms with Crippen LogP contribution in [-0.4, -0.2) is 31.7 Å². The van der Waals surface area contributed by atoms with E-state index in [0.717, 1.165) is 30.4 Å². The van der Waals surface area contributed by atoms with E-state index in [0.29, 0.717) is 18.8 Å². The summed E-state index contributed by atoms with van der Waals surface area (Å²) in [7, 11) is -3.54. The quantitative estimate of drug-likeness (QED) is 0.905. The Morgan fingerprint density at radius 2 is 1.80 bits per heavy atom. The number of amides is 1. The molecule has 0 spiro atoms. The third-order valence-electron chi connectivity index (χ3n) is 4.48. The fourth-order valence-corrected chi connectivity index (χ4v) is 4.48. The number of carbonyl (C=O) groups is 1. The lowest BCUT2D eigenvalue weighted by atomic mass is 10.2. The van der Waals surface area contributed by atoms with E-state index in [1.165, 1.54) is 16.6 Å². The van der Waals surface area contributed by atoms with Gasteiger partial charge in [0.1, 0.15) is 0 Å². The van der Waals surface area contributed by atoms with Gasteiger partial charge < -0.3 is 9.73 Å². The number of hydrogen-bond donors (Lipinski definition) is 1. The lowest BCUT2D eigenvalue weighted by Crippen LogP contribution is -2.35. The Hall–Kier alpha value is -2.12. The minimum Gasteiger partial charge on any atom is -0.459 e. The van der Waals surface area contributed by atoms with E-state index in [1.54, 1.807) is 25.1 Å². The van der Waals surface area contributed by atoms with Gasteiger partial charge in [-0.3, -0.25) is 4.79 Å². The molecule has 6 nitrogen and oxygen atoms in total. The Morgan fingerprint density at radius 1 is 1.08 bits per heavy atom. The molecule has 1 saturated heterocycles. The van der Waals surface area contributed by atoms with Gasteiger partial charge in [0.25, 0.3) is 5.91 Å². The summed E-state index contributed by atoms with van der Waals surface area (Å²) < 4.78 is 32.3. The van der Waals surface area contributed by atoms with E-state index in [4.69, 9.17) is 4.42 Å². The van der Waals surface area contributed by atoms with Crippen LogP contribution < -0.4 is 5.32 Å². The minimum atomic E-state index is -3.54. The number of rotatable bonds is 4. The van der Waals surface area contributed by atoms with Gasteiger partial charge >= 0.3 is 0 Å². The first-order chi connectivity index (χ1) is 11.9. The Kier molecular flexibility index (Phi) is 4.96. The topological polar surface area (TPSA) is 79.6 Å². The number of nitrogens with zero attached hydrogens (tertiary/aromatic N) is 1. The highest BCUT2D eigenvalue weighted by atomic mass is 32.2. The van der Waals surface area contributed by atoms with Crippen LogP contribution in [-0.2, 0) is 10.0 Å². The maximum Gasteiger partial charge on any atom is 0.291 e. The van der Waals surface area contributed by atoms with Crippen LogP contribution in [0.4, 0.5) is 5.69 Å². The second-order valence-electron chi connectivity index (χ2n) is 6.33. The molecule has 25 heavy (non-hydrogen) atoms. The molecule has 1 amide bonds. The number of anilines is 1. The van der Waals surface area contributed by atoms with Crippen molar-refractivity contribution in [2.24, 2.45) is 0 Å². The van der Waals surface area contributed by atoms with E-state index >= 15 is 0 Å². The fourth-order valence-electron chi connectivity index (χ4n) is 2.93. The average molecular weight is 362 g/mol. The molecule has 2 aromatic rings. The van der Waals surface area contributed by atoms with Gasteiger partial charge in [0, 0.05) is 24.3 Å². The van der Waals surface area contributed by atoms with Crippen molar-refractivity contribution < 1.29 is 17.6 Å². The van der Waals surface area contributed by atoms with Crippen molar-refractivity contribution in [3.05, 3.63) is 47.4 Å². The molecule has 1 aliphatic rings. The molecular weight excluding hydrogens is 340 g/mol. The molecule has 3 rings (SSSR count). The number of nitrogens with one attached hydrogen (secondary N) is 1. The predicted octanol–water partition coefficient (Wildman–Crippen LogP) is 3.32. The molecule has 1 aromatic carbocycles. The van der Waals surface area contributed by atoms with E-state index in [9.17, 15) is 13.2 Å². The second-order valence-corrected chi connectivity index (χ2v) is 8.27. The summed E-state index contributed by atoms with van der Waals surface area (Å²) in [6.45, 7) is 4.69. The molecule has 134 valence electrons. The fraction of sp³-hybridized carbons (Fsp3) is 0.389. The third-order valence-corrected chi connectivity index (χ3v) is 6.37. The zero-order chi connectivity index (χ0) is 18.0. The first kappa shape index (κ1) is 17.7. The van der Waals surface area contributed by atoms with Crippen LogP contribution in [0.25, 0.3) is 0 Å². The molecule has 7 heteroatoms. The summed E-state index contributed by atoms with van der Waals surface area (Å²) in [5, 5.41) is 2.75. The molecular formula is C18H22N2O4S. The summed E-state index contributed by atoms with van der Waals surface area (Å²) in [5.41, 5.74) is 1.99. The molecule has 0 unspecified atom stereocenters. The third kappa shape index (κ3) is 3.62. The first-order valence-corrected chi connectivity index (χ1v) is 9.80. The van der Waals surface area contributed by atoms with E-state index in [2.05, 4.69) is 5.32 Å². The van der Waals surface area contributed by atoms with E-state index < -0.39 is 15.9 Å². The number of benzene rings is 1. The Morgan fingerprint density at radius 3 is 2.44 bits per heavy atom. The maximum absolute atomic E-state index is 12.8. The highest BCUT2D eigenvalue weighted by Crippen LogP contribution is 2.25. The lowest BCUT2D eigenvalue weighted by molar-refractivity contribution is 0.0995. The van der Waals surface area contributed by atoms with Gasteiger partial charge in [0.15, 0.2) is 5.76 Å². The number of carbonyl (C=O) groups excluding carboxylic acids is 1. The highest BCUT2D eigenvalue weighted by Gasteiger charge is 2.26. The molecule has 0 atom stereocenters. The summed E-state index contributed by atoms with van der Waals surface area (Å²) in [6, 6.07) is 6.53. The molecule has 2 heterocycles. The summed E-state index contributed by atoms with van der Waals surface area (Å²) in [5.74, 6) is -0.165. The number of hydrogen-bond acceptors (Lipinski definition) is 4. The average Bonchev–Trinajstić information content (AvgIpc) is 3.03. The van der Waals surface area contributed by atoms with Crippen LogP contribution in [0, 0.1) is 13.8 Å². The van der Waals surface area contributed by atoms with Gasteiger partial charge in [-0.2, -0.15) is 4.31 Å². The monoisotopic (exact) mass is 362 g/mol. The maximum atomic E-state index is 12.8. The van der Waals surface area contributed by atoms with Crippen LogP contribution in [0.2, 0.25) is 0 Å². The van der Waals surface area contributed by atoms with Crippen molar-refractivity contribution in [2.75, 3.05) is 18.4 Å². The largest absolute Gasteiger partial charge is 0.459 e. The SMILES string of the molecule is Cc1ccc(S(=O)(=O)N2CCCCC2)cc1NC(=O)c1occc1C. The highest BCUT2D eigenvalue weighted by molar-refractivity contribution is 7.89. The molecule has 1 aliphatic heterocycles. The lowest BCUT2D eigenvalue weighted by Gasteiger charge is -2.26. The first-order valence-electron chi connectivity index (χ1n) is 8.36. The molecule has 1 aromatic heterocycles. The molecule has 0 radical (unpaired) electrons. The van der Waals surface area contributed by atoms with Crippen LogP contribution in [0.1, 0.15) is 40.9 Å². The van der Waals surface area contributed by atoms with Gasteiger partial charge in [-0.25, -0.2) is 8.42 Å². The standard InChI is InChI=1S/C18H22N2O4S/c1-13-6-7-15(25(22,23)20-9-4-3-5-10-20)12-16(13)19-18(21)17-14(2)8-11-24-17/h6-8,11-12H,3-5,9-10H2,1-2H3,(H,19,21). The summed E-state index contributed by atoms with van der Waals surface area (Å²) in [4.78, 5) is 12.5. The normalized spacial score (nSPS) is 15.9. The van der Waals surface area contributed by atoms with Crippen LogP contribution in [0.5, 0.6) is 0 Å². The molecule has 0 bridgehead atoms. The molecule has 0 aliphatic carbocycles. The second kappa shape index (κ2) is 7.01. The van der Waals surface area contributed by atoms with Gasteiger partial charge in [0.05, 0.1) is 11.2 Å². The van der Waals surface area contributed by atoms with Crippen molar-refractivity contribution >= 4 is 21.6 Å². The van der Waals surface area contributed by atoms with Crippen molar-refractivity contribution in [2.45, 2.75) is 38.0 Å².